The summed E-state index contributed by atoms with van der Waals surface area (Å²) < 4.78 is 0. The Balaban J connectivity index is 2.38. The van der Waals surface area contributed by atoms with Crippen molar-refractivity contribution in [2.45, 2.75) is 32.4 Å². The van der Waals surface area contributed by atoms with Crippen LogP contribution in [0.15, 0.2) is 0 Å². The number of aliphatic hydroxyl groups is 1. The topological polar surface area (TPSA) is 61.4 Å². The Morgan fingerprint density at radius 3 is 2.92 bits per heavy atom. The molecule has 1 aliphatic heterocycles. The van der Waals surface area contributed by atoms with Crippen LogP contribution < -0.4 is 10.6 Å². The molecule has 0 spiro atoms. The van der Waals surface area contributed by atoms with Crippen molar-refractivity contribution in [3.8, 4) is 0 Å². The number of carbonyl (C=O) groups is 1. The molecular formula is C9H18N2O2. The summed E-state index contributed by atoms with van der Waals surface area (Å²) in [5, 5.41) is 14.6. The second-order valence-electron chi connectivity index (χ2n) is 3.79. The minimum atomic E-state index is -0.151. The van der Waals surface area contributed by atoms with Crippen molar-refractivity contribution in [3.05, 3.63) is 0 Å². The van der Waals surface area contributed by atoms with Crippen LogP contribution in [0.5, 0.6) is 0 Å². The van der Waals surface area contributed by atoms with Crippen molar-refractivity contribution in [2.75, 3.05) is 13.2 Å². The first kappa shape index (κ1) is 10.5. The summed E-state index contributed by atoms with van der Waals surface area (Å²) in [6, 6.07) is -0.226. The van der Waals surface area contributed by atoms with Crippen LogP contribution in [0.3, 0.4) is 0 Å². The first-order chi connectivity index (χ1) is 6.15. The number of amides is 1. The van der Waals surface area contributed by atoms with Gasteiger partial charge in [0.25, 0.3) is 0 Å². The fourth-order valence-corrected chi connectivity index (χ4v) is 1.56. The van der Waals surface area contributed by atoms with Crippen LogP contribution in [0.1, 0.15) is 20.3 Å². The molecule has 4 heteroatoms. The Bertz CT molecular complexity index is 184. The summed E-state index contributed by atoms with van der Waals surface area (Å²) in [7, 11) is 0. The van der Waals surface area contributed by atoms with Gasteiger partial charge < -0.3 is 15.7 Å². The molecule has 0 saturated carbocycles. The highest BCUT2D eigenvalue weighted by atomic mass is 16.3. The molecule has 1 heterocycles. The Labute approximate surface area is 78.7 Å². The van der Waals surface area contributed by atoms with Crippen molar-refractivity contribution >= 4 is 5.91 Å². The van der Waals surface area contributed by atoms with E-state index >= 15 is 0 Å². The molecule has 76 valence electrons. The SMILES string of the molecule is CC1CCNC1C(=O)N[C@@H](C)CO. The lowest BCUT2D eigenvalue weighted by atomic mass is 10.0. The van der Waals surface area contributed by atoms with Gasteiger partial charge in [0.1, 0.15) is 0 Å². The van der Waals surface area contributed by atoms with Gasteiger partial charge in [0.2, 0.25) is 5.91 Å². The third-order valence-corrected chi connectivity index (χ3v) is 2.48. The van der Waals surface area contributed by atoms with E-state index in [0.717, 1.165) is 13.0 Å². The molecule has 13 heavy (non-hydrogen) atoms. The molecule has 1 rings (SSSR count). The number of hydrogen-bond acceptors (Lipinski definition) is 3. The standard InChI is InChI=1S/C9H18N2O2/c1-6-3-4-10-8(6)9(13)11-7(2)5-12/h6-8,10,12H,3-5H2,1-2H3,(H,11,13)/t6?,7-,8?/m0/s1. The van der Waals surface area contributed by atoms with Gasteiger partial charge in [0.05, 0.1) is 12.6 Å². The highest BCUT2D eigenvalue weighted by molar-refractivity contribution is 5.82. The van der Waals surface area contributed by atoms with Crippen LogP contribution in [0.25, 0.3) is 0 Å². The highest BCUT2D eigenvalue weighted by Crippen LogP contribution is 2.14. The molecule has 0 aromatic carbocycles. The van der Waals surface area contributed by atoms with Gasteiger partial charge in [0.15, 0.2) is 0 Å². The smallest absolute Gasteiger partial charge is 0.237 e. The predicted octanol–water partition coefficient (Wildman–Crippen LogP) is -0.519. The first-order valence-electron chi connectivity index (χ1n) is 4.79. The summed E-state index contributed by atoms with van der Waals surface area (Å²) in [6.45, 7) is 4.75. The normalized spacial score (nSPS) is 30.1. The van der Waals surface area contributed by atoms with Gasteiger partial charge in [-0.15, -0.1) is 0 Å². The second kappa shape index (κ2) is 4.58. The Morgan fingerprint density at radius 2 is 2.46 bits per heavy atom. The third kappa shape index (κ3) is 2.67. The zero-order chi connectivity index (χ0) is 9.84. The van der Waals surface area contributed by atoms with Gasteiger partial charge in [-0.2, -0.15) is 0 Å². The number of nitrogens with one attached hydrogen (secondary N) is 2. The Kier molecular flexibility index (Phi) is 3.69. The lowest BCUT2D eigenvalue weighted by Crippen LogP contribution is -2.47. The summed E-state index contributed by atoms with van der Waals surface area (Å²) >= 11 is 0. The van der Waals surface area contributed by atoms with Gasteiger partial charge in [-0.1, -0.05) is 6.92 Å². The van der Waals surface area contributed by atoms with E-state index in [-0.39, 0.29) is 24.6 Å². The minimum absolute atomic E-state index is 0.00606. The quantitative estimate of drug-likeness (QED) is 0.556. The minimum Gasteiger partial charge on any atom is -0.394 e. The fraction of sp³-hybridized carbons (Fsp3) is 0.889. The van der Waals surface area contributed by atoms with Crippen LogP contribution in [-0.4, -0.2) is 36.2 Å². The molecule has 3 atom stereocenters. The molecule has 1 aliphatic rings. The molecule has 3 N–H and O–H groups in total. The Hall–Kier alpha value is -0.610. The van der Waals surface area contributed by atoms with E-state index < -0.39 is 0 Å². The predicted molar refractivity (Wildman–Crippen MR) is 50.3 cm³/mol. The second-order valence-corrected chi connectivity index (χ2v) is 3.79. The van der Waals surface area contributed by atoms with Crippen molar-refractivity contribution in [3.63, 3.8) is 0 Å². The summed E-state index contributed by atoms with van der Waals surface area (Å²) in [5.41, 5.74) is 0. The maximum Gasteiger partial charge on any atom is 0.237 e. The molecule has 1 fully saturated rings. The highest BCUT2D eigenvalue weighted by Gasteiger charge is 2.29. The summed E-state index contributed by atoms with van der Waals surface area (Å²) in [4.78, 5) is 11.5. The van der Waals surface area contributed by atoms with Crippen LogP contribution in [0, 0.1) is 5.92 Å². The van der Waals surface area contributed by atoms with E-state index in [0.29, 0.717) is 5.92 Å². The maximum absolute atomic E-state index is 11.5. The van der Waals surface area contributed by atoms with Gasteiger partial charge in [-0.05, 0) is 25.8 Å². The summed E-state index contributed by atoms with van der Waals surface area (Å²) in [5.74, 6) is 0.400. The molecule has 0 radical (unpaired) electrons. The summed E-state index contributed by atoms with van der Waals surface area (Å²) in [6.07, 6.45) is 1.05. The fourth-order valence-electron chi connectivity index (χ4n) is 1.56. The molecule has 0 aromatic rings. The van der Waals surface area contributed by atoms with Crippen LogP contribution in [-0.2, 0) is 4.79 Å². The van der Waals surface area contributed by atoms with E-state index in [1.807, 2.05) is 0 Å². The number of hydrogen-bond donors (Lipinski definition) is 3. The monoisotopic (exact) mass is 186 g/mol. The lowest BCUT2D eigenvalue weighted by Gasteiger charge is -2.18. The molecule has 2 unspecified atom stereocenters. The lowest BCUT2D eigenvalue weighted by molar-refractivity contribution is -0.124. The van der Waals surface area contributed by atoms with E-state index in [1.54, 1.807) is 6.92 Å². The van der Waals surface area contributed by atoms with Gasteiger partial charge in [-0.25, -0.2) is 0 Å². The van der Waals surface area contributed by atoms with E-state index in [1.165, 1.54) is 0 Å². The van der Waals surface area contributed by atoms with Crippen molar-refractivity contribution in [1.82, 2.24) is 10.6 Å². The number of rotatable bonds is 3. The average Bonchev–Trinajstić information content (AvgIpc) is 2.51. The van der Waals surface area contributed by atoms with Crippen molar-refractivity contribution < 1.29 is 9.90 Å². The van der Waals surface area contributed by atoms with Gasteiger partial charge >= 0.3 is 0 Å². The first-order valence-corrected chi connectivity index (χ1v) is 4.79. The average molecular weight is 186 g/mol. The molecule has 1 amide bonds. The van der Waals surface area contributed by atoms with Crippen molar-refractivity contribution in [1.29, 1.82) is 0 Å². The zero-order valence-corrected chi connectivity index (χ0v) is 8.21. The molecule has 0 aliphatic carbocycles. The van der Waals surface area contributed by atoms with Gasteiger partial charge in [0, 0.05) is 6.04 Å². The molecule has 0 bridgehead atoms. The molecule has 4 nitrogen and oxygen atoms in total. The van der Waals surface area contributed by atoms with E-state index in [4.69, 9.17) is 5.11 Å². The van der Waals surface area contributed by atoms with Crippen LogP contribution >= 0.6 is 0 Å². The van der Waals surface area contributed by atoms with E-state index in [2.05, 4.69) is 17.6 Å². The number of carbonyl (C=O) groups excluding carboxylic acids is 1. The third-order valence-electron chi connectivity index (χ3n) is 2.48. The largest absolute Gasteiger partial charge is 0.394 e. The maximum atomic E-state index is 11.5. The molecular weight excluding hydrogens is 168 g/mol. The van der Waals surface area contributed by atoms with Crippen LogP contribution in [0.4, 0.5) is 0 Å². The zero-order valence-electron chi connectivity index (χ0n) is 8.21. The van der Waals surface area contributed by atoms with Crippen LogP contribution in [0.2, 0.25) is 0 Å². The Morgan fingerprint density at radius 1 is 1.77 bits per heavy atom. The number of aliphatic hydroxyl groups excluding tert-OH is 1. The molecule has 1 saturated heterocycles. The van der Waals surface area contributed by atoms with Gasteiger partial charge in [-0.3, -0.25) is 4.79 Å². The molecule has 0 aromatic heterocycles. The van der Waals surface area contributed by atoms with Crippen molar-refractivity contribution in [2.24, 2.45) is 5.92 Å². The van der Waals surface area contributed by atoms with E-state index in [9.17, 15) is 4.79 Å².